The van der Waals surface area contributed by atoms with Crippen molar-refractivity contribution in [3.8, 4) is 0 Å². The first kappa shape index (κ1) is 13.9. The van der Waals surface area contributed by atoms with Gasteiger partial charge < -0.3 is 4.90 Å². The molecule has 1 amide bonds. The number of hydrogen-bond donors (Lipinski definition) is 1. The number of carbonyl (C=O) groups is 1. The Hall–Kier alpha value is -0.570. The molecule has 0 aromatic carbocycles. The van der Waals surface area contributed by atoms with Crippen molar-refractivity contribution >= 4 is 5.91 Å². The van der Waals surface area contributed by atoms with E-state index in [9.17, 15) is 4.79 Å². The van der Waals surface area contributed by atoms with E-state index in [1.54, 1.807) is 0 Å². The molecule has 1 heterocycles. The number of rotatable bonds is 6. The van der Waals surface area contributed by atoms with Crippen LogP contribution in [0.2, 0.25) is 0 Å². The molecule has 1 aliphatic carbocycles. The molecular weight excluding hydrogens is 224 g/mol. The third-order valence-corrected chi connectivity index (χ3v) is 4.55. The number of hydrogen-bond acceptors (Lipinski definition) is 2. The van der Waals surface area contributed by atoms with Crippen molar-refractivity contribution in [2.75, 3.05) is 6.54 Å². The van der Waals surface area contributed by atoms with Crippen LogP contribution >= 0.6 is 0 Å². The summed E-state index contributed by atoms with van der Waals surface area (Å²) in [6, 6.07) is 0.0432. The highest BCUT2D eigenvalue weighted by Gasteiger charge is 2.42. The van der Waals surface area contributed by atoms with Gasteiger partial charge in [-0.05, 0) is 24.2 Å². The highest BCUT2D eigenvalue weighted by molar-refractivity contribution is 5.84. The summed E-state index contributed by atoms with van der Waals surface area (Å²) in [7, 11) is 0. The van der Waals surface area contributed by atoms with E-state index in [1.165, 1.54) is 19.3 Å². The van der Waals surface area contributed by atoms with Gasteiger partial charge in [0.05, 0.1) is 12.2 Å². The van der Waals surface area contributed by atoms with Crippen molar-refractivity contribution in [1.82, 2.24) is 10.2 Å². The van der Waals surface area contributed by atoms with Crippen LogP contribution in [0.3, 0.4) is 0 Å². The first-order chi connectivity index (χ1) is 8.54. The monoisotopic (exact) mass is 252 g/mol. The van der Waals surface area contributed by atoms with E-state index < -0.39 is 0 Å². The van der Waals surface area contributed by atoms with Gasteiger partial charge in [0.15, 0.2) is 0 Å². The molecule has 3 unspecified atom stereocenters. The Balaban J connectivity index is 2.00. The quantitative estimate of drug-likeness (QED) is 0.788. The molecule has 1 N–H and O–H groups in total. The summed E-state index contributed by atoms with van der Waals surface area (Å²) in [4.78, 5) is 14.6. The zero-order valence-electron chi connectivity index (χ0n) is 12.3. The highest BCUT2D eigenvalue weighted by atomic mass is 16.2. The van der Waals surface area contributed by atoms with Gasteiger partial charge in [0.2, 0.25) is 5.91 Å². The molecular formula is C15H28N2O. The van der Waals surface area contributed by atoms with Gasteiger partial charge in [-0.2, -0.15) is 0 Å². The predicted octanol–water partition coefficient (Wildman–Crippen LogP) is 2.62. The zero-order valence-corrected chi connectivity index (χ0v) is 12.3. The second-order valence-corrected chi connectivity index (χ2v) is 6.48. The lowest BCUT2D eigenvalue weighted by Crippen LogP contribution is -2.42. The Bertz CT molecular complexity index is 299. The van der Waals surface area contributed by atoms with Crippen LogP contribution in [0, 0.1) is 17.8 Å². The summed E-state index contributed by atoms with van der Waals surface area (Å²) in [5.74, 6) is 2.16. The molecule has 0 bridgehead atoms. The second-order valence-electron chi connectivity index (χ2n) is 6.48. The van der Waals surface area contributed by atoms with Gasteiger partial charge in [-0.15, -0.1) is 0 Å². The Morgan fingerprint density at radius 2 is 2.00 bits per heavy atom. The van der Waals surface area contributed by atoms with E-state index in [2.05, 4.69) is 37.9 Å². The summed E-state index contributed by atoms with van der Waals surface area (Å²) in [6.07, 6.45) is 5.25. The van der Waals surface area contributed by atoms with Crippen LogP contribution < -0.4 is 5.32 Å². The Morgan fingerprint density at radius 3 is 2.50 bits per heavy atom. The van der Waals surface area contributed by atoms with E-state index in [0.29, 0.717) is 17.7 Å². The van der Waals surface area contributed by atoms with Crippen molar-refractivity contribution in [2.24, 2.45) is 17.8 Å². The third-order valence-electron chi connectivity index (χ3n) is 4.55. The predicted molar refractivity (Wildman–Crippen MR) is 74.1 cm³/mol. The van der Waals surface area contributed by atoms with Gasteiger partial charge in [0.25, 0.3) is 0 Å². The molecule has 18 heavy (non-hydrogen) atoms. The van der Waals surface area contributed by atoms with Crippen molar-refractivity contribution < 1.29 is 4.79 Å². The average Bonchev–Trinajstić information content (AvgIpc) is 3.10. The van der Waals surface area contributed by atoms with Crippen LogP contribution in [0.4, 0.5) is 0 Å². The van der Waals surface area contributed by atoms with E-state index >= 15 is 0 Å². The summed E-state index contributed by atoms with van der Waals surface area (Å²) in [6.45, 7) is 9.70. The molecule has 1 saturated heterocycles. The summed E-state index contributed by atoms with van der Waals surface area (Å²) >= 11 is 0. The number of nitrogens with zero attached hydrogens (tertiary/aromatic N) is 1. The second kappa shape index (κ2) is 5.60. The molecule has 3 heteroatoms. The van der Waals surface area contributed by atoms with Gasteiger partial charge in [0.1, 0.15) is 0 Å². The Labute approximate surface area is 111 Å². The summed E-state index contributed by atoms with van der Waals surface area (Å²) in [5.41, 5.74) is 0. The molecule has 1 aliphatic heterocycles. The van der Waals surface area contributed by atoms with Gasteiger partial charge in [-0.25, -0.2) is 0 Å². The van der Waals surface area contributed by atoms with Crippen LogP contribution in [0.1, 0.15) is 53.4 Å². The molecule has 0 aromatic rings. The standard InChI is InChI=1S/C15H28N2O/c1-5-11(4)13-15(18)17(9-8-12-6-7-12)14(16-13)10(2)3/h10-14,16H,5-9H2,1-4H3. The molecule has 0 aromatic heterocycles. The minimum absolute atomic E-state index is 0.0432. The van der Waals surface area contributed by atoms with Gasteiger partial charge in [0, 0.05) is 6.54 Å². The van der Waals surface area contributed by atoms with Crippen molar-refractivity contribution in [3.05, 3.63) is 0 Å². The fourth-order valence-corrected chi connectivity index (χ4v) is 2.83. The SMILES string of the molecule is CCC(C)C1NC(C(C)C)N(CCC2CC2)C1=O. The Morgan fingerprint density at radius 1 is 1.33 bits per heavy atom. The van der Waals surface area contributed by atoms with Crippen LogP contribution in [0.15, 0.2) is 0 Å². The van der Waals surface area contributed by atoms with Gasteiger partial charge >= 0.3 is 0 Å². The van der Waals surface area contributed by atoms with Gasteiger partial charge in [-0.1, -0.05) is 47.0 Å². The molecule has 0 spiro atoms. The molecule has 3 nitrogen and oxygen atoms in total. The molecule has 2 aliphatic rings. The Kier molecular flexibility index (Phi) is 4.31. The lowest BCUT2D eigenvalue weighted by atomic mass is 9.99. The smallest absolute Gasteiger partial charge is 0.241 e. The van der Waals surface area contributed by atoms with Gasteiger partial charge in [-0.3, -0.25) is 10.1 Å². The summed E-state index contributed by atoms with van der Waals surface area (Å²) < 4.78 is 0. The largest absolute Gasteiger partial charge is 0.326 e. The van der Waals surface area contributed by atoms with Crippen molar-refractivity contribution in [3.63, 3.8) is 0 Å². The molecule has 3 atom stereocenters. The minimum atomic E-state index is 0.0432. The minimum Gasteiger partial charge on any atom is -0.326 e. The van der Waals surface area contributed by atoms with Crippen LogP contribution in [0.5, 0.6) is 0 Å². The van der Waals surface area contributed by atoms with E-state index in [-0.39, 0.29) is 12.2 Å². The molecule has 104 valence electrons. The number of amides is 1. The van der Waals surface area contributed by atoms with E-state index in [4.69, 9.17) is 0 Å². The van der Waals surface area contributed by atoms with E-state index in [0.717, 1.165) is 18.9 Å². The van der Waals surface area contributed by atoms with Crippen molar-refractivity contribution in [2.45, 2.75) is 65.6 Å². The molecule has 2 fully saturated rings. The maximum Gasteiger partial charge on any atom is 0.241 e. The zero-order chi connectivity index (χ0) is 13.3. The summed E-state index contributed by atoms with van der Waals surface area (Å²) in [5, 5.41) is 3.56. The van der Waals surface area contributed by atoms with Crippen LogP contribution in [-0.4, -0.2) is 29.6 Å². The maximum absolute atomic E-state index is 12.5. The van der Waals surface area contributed by atoms with Crippen molar-refractivity contribution in [1.29, 1.82) is 0 Å². The number of carbonyl (C=O) groups excluding carboxylic acids is 1. The topological polar surface area (TPSA) is 32.3 Å². The molecule has 2 rings (SSSR count). The first-order valence-electron chi connectivity index (χ1n) is 7.61. The average molecular weight is 252 g/mol. The fourth-order valence-electron chi connectivity index (χ4n) is 2.83. The number of nitrogens with one attached hydrogen (secondary N) is 1. The highest BCUT2D eigenvalue weighted by Crippen LogP contribution is 2.33. The maximum atomic E-state index is 12.5. The molecule has 0 radical (unpaired) electrons. The van der Waals surface area contributed by atoms with Crippen LogP contribution in [0.25, 0.3) is 0 Å². The molecule has 1 saturated carbocycles. The lowest BCUT2D eigenvalue weighted by molar-refractivity contribution is -0.131. The normalized spacial score (nSPS) is 30.3. The van der Waals surface area contributed by atoms with Crippen LogP contribution in [-0.2, 0) is 4.79 Å². The lowest BCUT2D eigenvalue weighted by Gasteiger charge is -2.27. The van der Waals surface area contributed by atoms with E-state index in [1.807, 2.05) is 0 Å². The fraction of sp³-hybridized carbons (Fsp3) is 0.933. The first-order valence-corrected chi connectivity index (χ1v) is 7.61. The third kappa shape index (κ3) is 2.87.